The summed E-state index contributed by atoms with van der Waals surface area (Å²) in [6, 6.07) is 81.8. The van der Waals surface area contributed by atoms with Crippen molar-refractivity contribution in [2.75, 3.05) is 0 Å². The van der Waals surface area contributed by atoms with Gasteiger partial charge in [-0.15, -0.1) is 0 Å². The first-order valence-electron chi connectivity index (χ1n) is 19.7. The quantitative estimate of drug-likeness (QED) is 0.155. The lowest BCUT2D eigenvalue weighted by Gasteiger charge is -2.13. The highest BCUT2D eigenvalue weighted by Crippen LogP contribution is 2.36. The smallest absolute Gasteiger partial charge is 0.0715 e. The van der Waals surface area contributed by atoms with E-state index in [1.807, 2.05) is 18.2 Å². The van der Waals surface area contributed by atoms with Crippen LogP contribution in [0.3, 0.4) is 0 Å². The lowest BCUT2D eigenvalue weighted by atomic mass is 9.93. The third-order valence-corrected chi connectivity index (χ3v) is 10.8. The first kappa shape index (κ1) is 34.8. The SMILES string of the molecule is c1ccc(-c2cc(-c3cccc(-c4cccc(-c5cccc(-c6cc(-c7ccccc7)nc(-c7ccc8ccccc8c7)c6)c5)c4)c3)cc(-c3ccccc3)n2)cc1. The molecule has 0 aliphatic heterocycles. The van der Waals surface area contributed by atoms with Crippen LogP contribution in [-0.2, 0) is 0 Å². The van der Waals surface area contributed by atoms with Crippen LogP contribution in [0.1, 0.15) is 0 Å². The molecule has 0 fully saturated rings. The lowest BCUT2D eigenvalue weighted by Crippen LogP contribution is -1.92. The van der Waals surface area contributed by atoms with Gasteiger partial charge in [0.2, 0.25) is 0 Å². The van der Waals surface area contributed by atoms with Crippen molar-refractivity contribution in [2.24, 2.45) is 0 Å². The van der Waals surface area contributed by atoms with Crippen molar-refractivity contribution >= 4 is 10.8 Å². The van der Waals surface area contributed by atoms with Crippen LogP contribution in [0.5, 0.6) is 0 Å². The van der Waals surface area contributed by atoms with Gasteiger partial charge in [-0.05, 0) is 104 Å². The van der Waals surface area contributed by atoms with Gasteiger partial charge >= 0.3 is 0 Å². The van der Waals surface area contributed by atoms with E-state index < -0.39 is 0 Å². The Labute approximate surface area is 339 Å². The molecule has 0 spiro atoms. The van der Waals surface area contributed by atoms with Gasteiger partial charge in [0.25, 0.3) is 0 Å². The third kappa shape index (κ3) is 7.23. The van der Waals surface area contributed by atoms with Crippen molar-refractivity contribution in [3.63, 3.8) is 0 Å². The molecule has 0 N–H and O–H groups in total. The highest BCUT2D eigenvalue weighted by Gasteiger charge is 2.13. The van der Waals surface area contributed by atoms with Gasteiger partial charge in [-0.2, -0.15) is 0 Å². The molecule has 10 rings (SSSR count). The van der Waals surface area contributed by atoms with Crippen molar-refractivity contribution < 1.29 is 0 Å². The Balaban J connectivity index is 1.01. The third-order valence-electron chi connectivity index (χ3n) is 10.8. The Hall–Kier alpha value is -7.68. The molecule has 0 saturated carbocycles. The largest absolute Gasteiger partial charge is 0.248 e. The summed E-state index contributed by atoms with van der Waals surface area (Å²) in [7, 11) is 0. The minimum atomic E-state index is 0.953. The molecule has 0 aliphatic rings. The maximum atomic E-state index is 5.20. The fourth-order valence-electron chi connectivity index (χ4n) is 7.80. The Kier molecular flexibility index (Phi) is 9.27. The molecule has 0 aliphatic carbocycles. The van der Waals surface area contributed by atoms with E-state index in [4.69, 9.17) is 9.97 Å². The summed E-state index contributed by atoms with van der Waals surface area (Å²) in [4.78, 5) is 10.3. The highest BCUT2D eigenvalue weighted by molar-refractivity contribution is 5.88. The first-order chi connectivity index (χ1) is 28.7. The van der Waals surface area contributed by atoms with Crippen LogP contribution < -0.4 is 0 Å². The van der Waals surface area contributed by atoms with Crippen LogP contribution in [0.25, 0.3) is 100 Å². The molecule has 2 nitrogen and oxygen atoms in total. The van der Waals surface area contributed by atoms with Gasteiger partial charge in [-0.3, -0.25) is 0 Å². The summed E-state index contributed by atoms with van der Waals surface area (Å²) in [6.45, 7) is 0. The minimum absolute atomic E-state index is 0.953. The van der Waals surface area contributed by atoms with Gasteiger partial charge in [0.05, 0.1) is 22.8 Å². The molecule has 8 aromatic carbocycles. The molecule has 0 atom stereocenters. The summed E-state index contributed by atoms with van der Waals surface area (Å²) < 4.78 is 0. The summed E-state index contributed by atoms with van der Waals surface area (Å²) in [5.74, 6) is 0. The average molecular weight is 739 g/mol. The number of nitrogens with zero attached hydrogens (tertiary/aromatic N) is 2. The molecule has 2 heteroatoms. The summed E-state index contributed by atoms with van der Waals surface area (Å²) in [5, 5.41) is 2.43. The number of rotatable bonds is 8. The molecular formula is C56H38N2. The molecule has 2 aromatic heterocycles. The molecule has 272 valence electrons. The van der Waals surface area contributed by atoms with Crippen LogP contribution >= 0.6 is 0 Å². The molecule has 2 heterocycles. The summed E-state index contributed by atoms with van der Waals surface area (Å²) in [6.07, 6.45) is 0. The van der Waals surface area contributed by atoms with Crippen LogP contribution in [0.4, 0.5) is 0 Å². The van der Waals surface area contributed by atoms with Gasteiger partial charge in [0.15, 0.2) is 0 Å². The number of fused-ring (bicyclic) bond motifs is 1. The van der Waals surface area contributed by atoms with Gasteiger partial charge in [0, 0.05) is 22.3 Å². The van der Waals surface area contributed by atoms with Crippen molar-refractivity contribution in [2.45, 2.75) is 0 Å². The van der Waals surface area contributed by atoms with Crippen molar-refractivity contribution in [1.82, 2.24) is 9.97 Å². The van der Waals surface area contributed by atoms with Crippen molar-refractivity contribution in [3.05, 3.63) is 231 Å². The predicted molar refractivity (Wildman–Crippen MR) is 243 cm³/mol. The molecule has 58 heavy (non-hydrogen) atoms. The zero-order valence-corrected chi connectivity index (χ0v) is 31.8. The highest BCUT2D eigenvalue weighted by atomic mass is 14.7. The zero-order valence-electron chi connectivity index (χ0n) is 31.8. The Bertz CT molecular complexity index is 2990. The van der Waals surface area contributed by atoms with E-state index in [1.165, 1.54) is 21.9 Å². The van der Waals surface area contributed by atoms with Crippen LogP contribution in [0.15, 0.2) is 231 Å². The molecule has 0 radical (unpaired) electrons. The molecule has 0 bridgehead atoms. The number of hydrogen-bond donors (Lipinski definition) is 0. The molecule has 0 saturated heterocycles. The monoisotopic (exact) mass is 738 g/mol. The lowest BCUT2D eigenvalue weighted by molar-refractivity contribution is 1.32. The van der Waals surface area contributed by atoms with E-state index in [1.54, 1.807) is 0 Å². The molecular weight excluding hydrogens is 701 g/mol. The van der Waals surface area contributed by atoms with Crippen LogP contribution in [-0.4, -0.2) is 9.97 Å². The maximum Gasteiger partial charge on any atom is 0.0715 e. The zero-order chi connectivity index (χ0) is 38.7. The number of aromatic nitrogens is 2. The van der Waals surface area contributed by atoms with Crippen LogP contribution in [0.2, 0.25) is 0 Å². The van der Waals surface area contributed by atoms with Gasteiger partial charge < -0.3 is 0 Å². The minimum Gasteiger partial charge on any atom is -0.248 e. The molecule has 0 unspecified atom stereocenters. The maximum absolute atomic E-state index is 5.20. The second kappa shape index (κ2) is 15.5. The molecule has 0 amide bonds. The van der Waals surface area contributed by atoms with Crippen molar-refractivity contribution in [3.8, 4) is 89.5 Å². The molecule has 10 aromatic rings. The van der Waals surface area contributed by atoms with E-state index in [2.05, 4.69) is 212 Å². The second-order valence-electron chi connectivity index (χ2n) is 14.7. The average Bonchev–Trinajstić information content (AvgIpc) is 3.32. The fraction of sp³-hybridized carbons (Fsp3) is 0. The normalized spacial score (nSPS) is 11.1. The Morgan fingerprint density at radius 1 is 0.172 bits per heavy atom. The fourth-order valence-corrected chi connectivity index (χ4v) is 7.80. The Morgan fingerprint density at radius 2 is 0.483 bits per heavy atom. The number of benzene rings is 8. The second-order valence-corrected chi connectivity index (χ2v) is 14.7. The van der Waals surface area contributed by atoms with Crippen LogP contribution in [0, 0.1) is 0 Å². The number of hydrogen-bond acceptors (Lipinski definition) is 2. The van der Waals surface area contributed by atoms with E-state index in [-0.39, 0.29) is 0 Å². The topological polar surface area (TPSA) is 25.8 Å². The van der Waals surface area contributed by atoms with Gasteiger partial charge in [0.1, 0.15) is 0 Å². The predicted octanol–water partition coefficient (Wildman–Crippen LogP) is 15.0. The van der Waals surface area contributed by atoms with E-state index in [9.17, 15) is 0 Å². The number of pyridine rings is 2. The van der Waals surface area contributed by atoms with E-state index >= 15 is 0 Å². The van der Waals surface area contributed by atoms with E-state index in [0.29, 0.717) is 0 Å². The summed E-state index contributed by atoms with van der Waals surface area (Å²) >= 11 is 0. The van der Waals surface area contributed by atoms with Gasteiger partial charge in [-0.1, -0.05) is 182 Å². The van der Waals surface area contributed by atoms with E-state index in [0.717, 1.165) is 78.4 Å². The Morgan fingerprint density at radius 3 is 0.879 bits per heavy atom. The summed E-state index contributed by atoms with van der Waals surface area (Å²) in [5.41, 5.74) is 17.4. The van der Waals surface area contributed by atoms with Gasteiger partial charge in [-0.25, -0.2) is 9.97 Å². The first-order valence-corrected chi connectivity index (χ1v) is 19.7. The van der Waals surface area contributed by atoms with Crippen molar-refractivity contribution in [1.29, 1.82) is 0 Å². The standard InChI is InChI=1S/C56H38N2/c1-4-16-40(17-5-1)53-35-51(36-54(57-53)41-18-6-2-7-19-41)48-27-13-25-46(32-48)44-23-12-24-45(31-44)47-26-14-28-49(33-47)52-37-55(42-20-8-3-9-21-42)58-56(38-52)50-30-29-39-15-10-11-22-43(39)34-50/h1-38H.